The van der Waals surface area contributed by atoms with Crippen LogP contribution in [0.3, 0.4) is 0 Å². The molecule has 0 radical (unpaired) electrons. The van der Waals surface area contributed by atoms with Crippen LogP contribution in [0.15, 0.2) is 30.7 Å². The Morgan fingerprint density at radius 2 is 1.79 bits per heavy atom. The van der Waals surface area contributed by atoms with E-state index in [1.165, 1.54) is 12.4 Å². The molecule has 8 heteroatoms. The fourth-order valence-electron chi connectivity index (χ4n) is 1.36. The number of nitrogens with zero attached hydrogens (tertiary/aromatic N) is 3. The van der Waals surface area contributed by atoms with Crippen LogP contribution in [0.5, 0.6) is 0 Å². The van der Waals surface area contributed by atoms with E-state index in [4.69, 9.17) is 5.73 Å². The molecule has 0 saturated carbocycles. The molecule has 19 heavy (non-hydrogen) atoms. The predicted molar refractivity (Wildman–Crippen MR) is 65.4 cm³/mol. The molecule has 0 unspecified atom stereocenters. The highest BCUT2D eigenvalue weighted by Gasteiger charge is 2.30. The molecule has 0 aliphatic carbocycles. The smallest absolute Gasteiger partial charge is 0.325 e. The first kappa shape index (κ1) is 15.3. The Balaban J connectivity index is 0.00000180. The Bertz CT molecular complexity index is 542. The van der Waals surface area contributed by atoms with Crippen molar-refractivity contribution in [3.05, 3.63) is 42.0 Å². The van der Waals surface area contributed by atoms with Gasteiger partial charge in [-0.1, -0.05) is 0 Å². The molecular weight excluding hydrogens is 281 g/mol. The third-order valence-corrected chi connectivity index (χ3v) is 2.29. The molecule has 0 amide bonds. The normalized spacial score (nSPS) is 10.9. The van der Waals surface area contributed by atoms with Gasteiger partial charge in [0, 0.05) is 12.7 Å². The first-order valence-electron chi connectivity index (χ1n) is 5.05. The van der Waals surface area contributed by atoms with Crippen LogP contribution in [0, 0.1) is 0 Å². The number of alkyl halides is 3. The lowest BCUT2D eigenvalue weighted by Crippen LogP contribution is -2.05. The van der Waals surface area contributed by atoms with Crippen molar-refractivity contribution in [2.75, 3.05) is 0 Å². The number of aromatic nitrogens is 3. The Kier molecular flexibility index (Phi) is 4.79. The molecule has 0 aromatic carbocycles. The Hall–Kier alpha value is -1.73. The van der Waals surface area contributed by atoms with Crippen molar-refractivity contribution in [2.24, 2.45) is 5.73 Å². The van der Waals surface area contributed by atoms with Crippen LogP contribution in [-0.4, -0.2) is 15.0 Å². The zero-order valence-electron chi connectivity index (χ0n) is 9.55. The molecule has 0 fully saturated rings. The van der Waals surface area contributed by atoms with Crippen molar-refractivity contribution in [1.29, 1.82) is 0 Å². The summed E-state index contributed by atoms with van der Waals surface area (Å²) in [5, 5.41) is 0. The quantitative estimate of drug-likeness (QED) is 0.922. The number of rotatable bonds is 2. The molecule has 0 saturated heterocycles. The van der Waals surface area contributed by atoms with E-state index in [2.05, 4.69) is 15.0 Å². The van der Waals surface area contributed by atoms with Gasteiger partial charge in [0.2, 0.25) is 0 Å². The van der Waals surface area contributed by atoms with Gasteiger partial charge in [-0.2, -0.15) is 13.2 Å². The van der Waals surface area contributed by atoms with Gasteiger partial charge < -0.3 is 5.73 Å². The van der Waals surface area contributed by atoms with E-state index in [9.17, 15) is 13.2 Å². The van der Waals surface area contributed by atoms with E-state index in [-0.39, 0.29) is 19.0 Å². The van der Waals surface area contributed by atoms with Gasteiger partial charge in [0.1, 0.15) is 6.33 Å². The second-order valence-electron chi connectivity index (χ2n) is 3.53. The van der Waals surface area contributed by atoms with E-state index in [0.29, 0.717) is 17.1 Å². The van der Waals surface area contributed by atoms with Gasteiger partial charge in [-0.25, -0.2) is 9.97 Å². The Morgan fingerprint density at radius 1 is 1.05 bits per heavy atom. The molecule has 2 heterocycles. The molecule has 102 valence electrons. The molecule has 2 N–H and O–H groups in total. The average Bonchev–Trinajstić information content (AvgIpc) is 2.38. The molecule has 2 aromatic heterocycles. The third kappa shape index (κ3) is 3.62. The van der Waals surface area contributed by atoms with Crippen LogP contribution >= 0.6 is 12.4 Å². The van der Waals surface area contributed by atoms with Gasteiger partial charge in [0.15, 0.2) is 0 Å². The number of pyridine rings is 1. The maximum absolute atomic E-state index is 12.4. The monoisotopic (exact) mass is 290 g/mol. The highest BCUT2D eigenvalue weighted by molar-refractivity contribution is 5.85. The summed E-state index contributed by atoms with van der Waals surface area (Å²) < 4.78 is 37.1. The summed E-state index contributed by atoms with van der Waals surface area (Å²) in [5.74, 6) is 0. The van der Waals surface area contributed by atoms with Crippen molar-refractivity contribution in [1.82, 2.24) is 15.0 Å². The van der Waals surface area contributed by atoms with Crippen molar-refractivity contribution in [3.8, 4) is 11.4 Å². The molecule has 4 nitrogen and oxygen atoms in total. The summed E-state index contributed by atoms with van der Waals surface area (Å²) in [7, 11) is 0. The van der Waals surface area contributed by atoms with Gasteiger partial charge in [-0.15, -0.1) is 12.4 Å². The highest BCUT2D eigenvalue weighted by Crippen LogP contribution is 2.29. The summed E-state index contributed by atoms with van der Waals surface area (Å²) in [6, 6.07) is 3.83. The van der Waals surface area contributed by atoms with Crippen LogP contribution in [0.25, 0.3) is 11.4 Å². The van der Waals surface area contributed by atoms with Crippen molar-refractivity contribution < 1.29 is 13.2 Å². The topological polar surface area (TPSA) is 64.7 Å². The minimum absolute atomic E-state index is 0. The minimum atomic E-state index is -4.39. The minimum Gasteiger partial charge on any atom is -0.325 e. The molecule has 0 bridgehead atoms. The number of hydrogen-bond acceptors (Lipinski definition) is 4. The fourth-order valence-corrected chi connectivity index (χ4v) is 1.36. The summed E-state index contributed by atoms with van der Waals surface area (Å²) in [5.41, 5.74) is 6.02. The maximum Gasteiger partial charge on any atom is 0.417 e. The van der Waals surface area contributed by atoms with Crippen LogP contribution in [0.2, 0.25) is 0 Å². The fraction of sp³-hybridized carbons (Fsp3) is 0.182. The first-order chi connectivity index (χ1) is 8.50. The molecule has 0 aliphatic rings. The van der Waals surface area contributed by atoms with Crippen LogP contribution < -0.4 is 5.73 Å². The predicted octanol–water partition coefficient (Wildman–Crippen LogP) is 2.44. The van der Waals surface area contributed by atoms with Gasteiger partial charge in [0.25, 0.3) is 0 Å². The summed E-state index contributed by atoms with van der Waals surface area (Å²) in [4.78, 5) is 11.6. The zero-order chi connectivity index (χ0) is 13.2. The van der Waals surface area contributed by atoms with E-state index < -0.39 is 11.7 Å². The molecule has 2 aromatic rings. The van der Waals surface area contributed by atoms with Gasteiger partial charge in [-0.3, -0.25) is 4.98 Å². The van der Waals surface area contributed by atoms with Crippen LogP contribution in [0.1, 0.15) is 11.3 Å². The summed E-state index contributed by atoms with van der Waals surface area (Å²) >= 11 is 0. The van der Waals surface area contributed by atoms with E-state index in [1.54, 1.807) is 6.07 Å². The van der Waals surface area contributed by atoms with Crippen LogP contribution in [0.4, 0.5) is 13.2 Å². The molecular formula is C11H10ClF3N4. The molecule has 0 atom stereocenters. The Labute approximate surface area is 113 Å². The summed E-state index contributed by atoms with van der Waals surface area (Å²) in [6.45, 7) is 0.232. The average molecular weight is 291 g/mol. The van der Waals surface area contributed by atoms with Gasteiger partial charge in [0.05, 0.1) is 22.6 Å². The highest BCUT2D eigenvalue weighted by atomic mass is 35.5. The number of nitrogens with two attached hydrogens (primary N) is 1. The lowest BCUT2D eigenvalue weighted by molar-refractivity contribution is -0.137. The summed E-state index contributed by atoms with van der Waals surface area (Å²) in [6.07, 6.45) is -2.31. The maximum atomic E-state index is 12.4. The molecule has 2 rings (SSSR count). The lowest BCUT2D eigenvalue weighted by Gasteiger charge is -2.06. The van der Waals surface area contributed by atoms with Gasteiger partial charge in [-0.05, 0) is 18.2 Å². The standard InChI is InChI=1S/C11H9F3N4.ClH/c12-11(13,14)7-1-2-9(16-5-7)10-3-8(4-15)17-6-18-10;/h1-3,5-6H,4,15H2;1H. The van der Waals surface area contributed by atoms with E-state index in [0.717, 1.165) is 12.3 Å². The van der Waals surface area contributed by atoms with Crippen molar-refractivity contribution in [2.45, 2.75) is 12.7 Å². The number of hydrogen-bond donors (Lipinski definition) is 1. The Morgan fingerprint density at radius 3 is 2.32 bits per heavy atom. The third-order valence-electron chi connectivity index (χ3n) is 2.29. The van der Waals surface area contributed by atoms with Crippen molar-refractivity contribution >= 4 is 12.4 Å². The SMILES string of the molecule is Cl.NCc1cc(-c2ccc(C(F)(F)F)cn2)ncn1. The zero-order valence-corrected chi connectivity index (χ0v) is 10.4. The van der Waals surface area contributed by atoms with Gasteiger partial charge >= 0.3 is 6.18 Å². The lowest BCUT2D eigenvalue weighted by atomic mass is 10.2. The second kappa shape index (κ2) is 5.94. The van der Waals surface area contributed by atoms with Crippen molar-refractivity contribution in [3.63, 3.8) is 0 Å². The van der Waals surface area contributed by atoms with Crippen LogP contribution in [-0.2, 0) is 12.7 Å². The first-order valence-corrected chi connectivity index (χ1v) is 5.05. The number of halogens is 4. The van der Waals surface area contributed by atoms with E-state index >= 15 is 0 Å². The second-order valence-corrected chi connectivity index (χ2v) is 3.53. The molecule has 0 spiro atoms. The molecule has 0 aliphatic heterocycles. The largest absolute Gasteiger partial charge is 0.417 e. The van der Waals surface area contributed by atoms with E-state index in [1.807, 2.05) is 0 Å².